The lowest BCUT2D eigenvalue weighted by Crippen LogP contribution is -2.47. The second-order valence-corrected chi connectivity index (χ2v) is 7.72. The van der Waals surface area contributed by atoms with Crippen LogP contribution in [0, 0.1) is 5.92 Å². The molecule has 1 aromatic rings. The second-order valence-electron chi connectivity index (χ2n) is 7.72. The Kier molecular flexibility index (Phi) is 5.79. The maximum Gasteiger partial charge on any atom is 0.325 e. The molecular formula is C20H28N4O3. The van der Waals surface area contributed by atoms with Gasteiger partial charge in [0.05, 0.1) is 0 Å². The van der Waals surface area contributed by atoms with Crippen LogP contribution in [0.5, 0.6) is 0 Å². The van der Waals surface area contributed by atoms with Crippen molar-refractivity contribution < 1.29 is 14.4 Å². The number of carbonyl (C=O) groups is 3. The maximum absolute atomic E-state index is 12.5. The van der Waals surface area contributed by atoms with Crippen molar-refractivity contribution in [3.05, 3.63) is 35.9 Å². The third-order valence-corrected chi connectivity index (χ3v) is 5.33. The van der Waals surface area contributed by atoms with E-state index in [-0.39, 0.29) is 24.3 Å². The molecule has 27 heavy (non-hydrogen) atoms. The van der Waals surface area contributed by atoms with E-state index in [0.717, 1.165) is 37.3 Å². The molecule has 1 saturated heterocycles. The molecule has 0 bridgehead atoms. The largest absolute Gasteiger partial charge is 0.354 e. The minimum atomic E-state index is -0.836. The number of hydrogen-bond acceptors (Lipinski definition) is 4. The first-order valence-electron chi connectivity index (χ1n) is 9.53. The predicted octanol–water partition coefficient (Wildman–Crippen LogP) is 1.35. The summed E-state index contributed by atoms with van der Waals surface area (Å²) in [4.78, 5) is 39.9. The summed E-state index contributed by atoms with van der Waals surface area (Å²) in [5.41, 5.74) is 0.415. The summed E-state index contributed by atoms with van der Waals surface area (Å²) >= 11 is 0. The fourth-order valence-electron chi connectivity index (χ4n) is 3.55. The van der Waals surface area contributed by atoms with Crippen LogP contribution < -0.4 is 10.6 Å². The van der Waals surface area contributed by atoms with Crippen molar-refractivity contribution in [1.29, 1.82) is 0 Å². The maximum atomic E-state index is 12.5. The Morgan fingerprint density at radius 1 is 1.30 bits per heavy atom. The summed E-state index contributed by atoms with van der Waals surface area (Å²) in [5.74, 6) is -0.390. The first-order chi connectivity index (χ1) is 12.9. The van der Waals surface area contributed by atoms with Crippen molar-refractivity contribution in [2.75, 3.05) is 26.7 Å². The Labute approximate surface area is 160 Å². The molecule has 4 amide bonds. The zero-order chi connectivity index (χ0) is 19.4. The molecule has 1 aliphatic carbocycles. The van der Waals surface area contributed by atoms with E-state index in [1.807, 2.05) is 25.2 Å². The van der Waals surface area contributed by atoms with Gasteiger partial charge >= 0.3 is 6.03 Å². The highest BCUT2D eigenvalue weighted by Gasteiger charge is 2.56. The zero-order valence-electron chi connectivity index (χ0n) is 16.0. The molecule has 0 spiro atoms. The van der Waals surface area contributed by atoms with Gasteiger partial charge in [-0.2, -0.15) is 0 Å². The summed E-state index contributed by atoms with van der Waals surface area (Å²) in [6.45, 7) is 3.76. The predicted molar refractivity (Wildman–Crippen MR) is 102 cm³/mol. The first kappa shape index (κ1) is 19.4. The average molecular weight is 372 g/mol. The van der Waals surface area contributed by atoms with Gasteiger partial charge < -0.3 is 15.5 Å². The molecule has 1 saturated carbocycles. The number of nitrogens with zero attached hydrogens (tertiary/aromatic N) is 2. The quantitative estimate of drug-likeness (QED) is 0.506. The number of amides is 4. The second kappa shape index (κ2) is 8.08. The lowest BCUT2D eigenvalue weighted by atomic mass is 9.96. The molecule has 2 N–H and O–H groups in total. The monoisotopic (exact) mass is 372 g/mol. The molecule has 1 heterocycles. The molecule has 1 unspecified atom stereocenters. The normalized spacial score (nSPS) is 22.3. The zero-order valence-corrected chi connectivity index (χ0v) is 16.0. The molecule has 1 aliphatic heterocycles. The topological polar surface area (TPSA) is 81.8 Å². The van der Waals surface area contributed by atoms with Crippen LogP contribution in [0.15, 0.2) is 30.3 Å². The van der Waals surface area contributed by atoms with Crippen LogP contribution in [0.2, 0.25) is 0 Å². The van der Waals surface area contributed by atoms with Gasteiger partial charge in [-0.3, -0.25) is 14.5 Å². The molecule has 2 fully saturated rings. The Balaban J connectivity index is 1.36. The van der Waals surface area contributed by atoms with Gasteiger partial charge in [0.2, 0.25) is 5.91 Å². The minimum Gasteiger partial charge on any atom is -0.354 e. The number of urea groups is 1. The summed E-state index contributed by atoms with van der Waals surface area (Å²) < 4.78 is 0. The van der Waals surface area contributed by atoms with E-state index in [4.69, 9.17) is 0 Å². The average Bonchev–Trinajstić information content (AvgIpc) is 3.46. The number of nitrogens with one attached hydrogen (secondary N) is 2. The van der Waals surface area contributed by atoms with Crippen molar-refractivity contribution in [1.82, 2.24) is 20.4 Å². The molecule has 146 valence electrons. The fraction of sp³-hybridized carbons (Fsp3) is 0.550. The third kappa shape index (κ3) is 4.66. The van der Waals surface area contributed by atoms with Crippen molar-refractivity contribution in [2.45, 2.75) is 38.3 Å². The van der Waals surface area contributed by atoms with E-state index in [1.165, 1.54) is 5.56 Å². The summed E-state index contributed by atoms with van der Waals surface area (Å²) in [7, 11) is 2.04. The number of hydrogen-bond donors (Lipinski definition) is 2. The Hall–Kier alpha value is -2.41. The van der Waals surface area contributed by atoms with Crippen molar-refractivity contribution in [3.63, 3.8) is 0 Å². The van der Waals surface area contributed by atoms with E-state index in [0.29, 0.717) is 6.54 Å². The molecule has 1 aromatic carbocycles. The van der Waals surface area contributed by atoms with E-state index in [1.54, 1.807) is 6.92 Å². The van der Waals surface area contributed by atoms with E-state index in [9.17, 15) is 14.4 Å². The lowest BCUT2D eigenvalue weighted by molar-refractivity contribution is -0.135. The smallest absolute Gasteiger partial charge is 0.325 e. The highest BCUT2D eigenvalue weighted by atomic mass is 16.2. The van der Waals surface area contributed by atoms with Crippen LogP contribution in [0.4, 0.5) is 4.79 Å². The summed E-state index contributed by atoms with van der Waals surface area (Å²) in [5, 5.41) is 5.56. The molecule has 0 aromatic heterocycles. The van der Waals surface area contributed by atoms with Crippen LogP contribution in [0.25, 0.3) is 0 Å². The van der Waals surface area contributed by atoms with Crippen molar-refractivity contribution in [3.8, 4) is 0 Å². The molecular weight excluding hydrogens is 344 g/mol. The molecule has 7 nitrogen and oxygen atoms in total. The highest BCUT2D eigenvalue weighted by Crippen LogP contribution is 2.42. The Bertz CT molecular complexity index is 704. The molecule has 2 aliphatic rings. The van der Waals surface area contributed by atoms with Crippen molar-refractivity contribution >= 4 is 17.8 Å². The van der Waals surface area contributed by atoms with E-state index < -0.39 is 11.6 Å². The van der Waals surface area contributed by atoms with Crippen LogP contribution in [0.1, 0.15) is 31.7 Å². The third-order valence-electron chi connectivity index (χ3n) is 5.33. The van der Waals surface area contributed by atoms with Gasteiger partial charge in [0.25, 0.3) is 5.91 Å². The van der Waals surface area contributed by atoms with E-state index in [2.05, 4.69) is 27.7 Å². The van der Waals surface area contributed by atoms with Gasteiger partial charge in [-0.25, -0.2) is 4.79 Å². The molecule has 7 heteroatoms. The van der Waals surface area contributed by atoms with Gasteiger partial charge in [0, 0.05) is 13.1 Å². The number of carbonyl (C=O) groups excluding carboxylic acids is 3. The highest BCUT2D eigenvalue weighted by molar-refractivity contribution is 6.09. The van der Waals surface area contributed by atoms with Gasteiger partial charge in [0.1, 0.15) is 12.1 Å². The van der Waals surface area contributed by atoms with Crippen LogP contribution in [-0.4, -0.2) is 59.9 Å². The van der Waals surface area contributed by atoms with Crippen LogP contribution >= 0.6 is 0 Å². The Morgan fingerprint density at radius 2 is 2.00 bits per heavy atom. The summed E-state index contributed by atoms with van der Waals surface area (Å²) in [6, 6.07) is 9.75. The molecule has 1 atom stereocenters. The van der Waals surface area contributed by atoms with Gasteiger partial charge in [-0.05, 0) is 51.3 Å². The SMILES string of the molecule is CN(CCCNC(=O)CN1C(=O)NC(C)(C2CC2)C1=O)Cc1ccccc1. The lowest BCUT2D eigenvalue weighted by Gasteiger charge is -2.20. The van der Waals surface area contributed by atoms with Gasteiger partial charge in [-0.1, -0.05) is 30.3 Å². The van der Waals surface area contributed by atoms with E-state index >= 15 is 0 Å². The Morgan fingerprint density at radius 3 is 2.67 bits per heavy atom. The minimum absolute atomic E-state index is 0.196. The van der Waals surface area contributed by atoms with Gasteiger partial charge in [-0.15, -0.1) is 0 Å². The number of rotatable bonds is 9. The van der Waals surface area contributed by atoms with Crippen molar-refractivity contribution in [2.24, 2.45) is 5.92 Å². The fourth-order valence-corrected chi connectivity index (χ4v) is 3.55. The van der Waals surface area contributed by atoms with Crippen LogP contribution in [0.3, 0.4) is 0 Å². The number of imide groups is 1. The molecule has 3 rings (SSSR count). The van der Waals surface area contributed by atoms with Gasteiger partial charge in [0.15, 0.2) is 0 Å². The standard InChI is InChI=1S/C20H28N4O3/c1-20(16-9-10-16)18(26)24(19(27)22-20)14-17(25)21-11-6-12-23(2)13-15-7-4-3-5-8-15/h3-5,7-8,16H,6,9-14H2,1-2H3,(H,21,25)(H,22,27). The number of benzene rings is 1. The van der Waals surface area contributed by atoms with Crippen LogP contribution in [-0.2, 0) is 16.1 Å². The summed E-state index contributed by atoms with van der Waals surface area (Å²) in [6.07, 6.45) is 2.69. The first-order valence-corrected chi connectivity index (χ1v) is 9.53. The molecule has 0 radical (unpaired) electrons.